The van der Waals surface area contributed by atoms with Crippen LogP contribution in [0.2, 0.25) is 0 Å². The largest absolute Gasteiger partial charge is 0.478 e. The van der Waals surface area contributed by atoms with E-state index in [1.807, 2.05) is 0 Å². The van der Waals surface area contributed by atoms with Gasteiger partial charge in [0.25, 0.3) is 0 Å². The minimum Gasteiger partial charge on any atom is -0.478 e. The molecule has 4 unspecified atom stereocenters. The maximum Gasteiger partial charge on any atom is 0.357 e. The van der Waals surface area contributed by atoms with Crippen molar-refractivity contribution in [3.05, 3.63) is 0 Å². The molecule has 102 valence electrons. The number of aliphatic hydroxyl groups excluding tert-OH is 4. The SMILES string of the molecule is O=C(O)C(O)(C(O)C(O)C(O)CO)S(=O)(=O)O. The Kier molecular flexibility index (Phi) is 4.97. The zero-order valence-corrected chi connectivity index (χ0v) is 9.02. The normalized spacial score (nSPS) is 21.3. The second kappa shape index (κ2) is 5.22. The van der Waals surface area contributed by atoms with Crippen LogP contribution in [-0.4, -0.2) is 79.4 Å². The highest BCUT2D eigenvalue weighted by Crippen LogP contribution is 2.22. The summed E-state index contributed by atoms with van der Waals surface area (Å²) in [7, 11) is -5.70. The lowest BCUT2D eigenvalue weighted by molar-refractivity contribution is -0.173. The molecule has 0 heterocycles. The third kappa shape index (κ3) is 2.90. The Hall–Kier alpha value is -0.820. The summed E-state index contributed by atoms with van der Waals surface area (Å²) in [6.45, 7) is -1.14. The minimum atomic E-state index is -5.70. The van der Waals surface area contributed by atoms with Crippen LogP contribution in [0.25, 0.3) is 0 Å². The van der Waals surface area contributed by atoms with E-state index in [2.05, 4.69) is 0 Å². The van der Waals surface area contributed by atoms with E-state index >= 15 is 0 Å². The lowest BCUT2D eigenvalue weighted by Crippen LogP contribution is -2.62. The standard InChI is InChI=1S/C6H12O10S/c7-1-2(8)3(9)4(10)6(13,5(11)12)17(14,15)16/h2-4,7-10,13H,1H2,(H,11,12)(H,14,15,16). The maximum atomic E-state index is 10.7. The van der Waals surface area contributed by atoms with Crippen LogP contribution < -0.4 is 0 Å². The molecule has 0 aliphatic carbocycles. The quantitative estimate of drug-likeness (QED) is 0.233. The average molecular weight is 276 g/mol. The molecular formula is C6H12O10S. The molecule has 0 saturated carbocycles. The number of aliphatic carboxylic acids is 1. The van der Waals surface area contributed by atoms with E-state index in [1.54, 1.807) is 0 Å². The van der Waals surface area contributed by atoms with Crippen molar-refractivity contribution in [2.45, 2.75) is 23.2 Å². The summed E-state index contributed by atoms with van der Waals surface area (Å²) in [4.78, 5) is 6.40. The molecule has 0 aromatic rings. The average Bonchev–Trinajstić information content (AvgIpc) is 2.22. The zero-order chi connectivity index (χ0) is 14.0. The van der Waals surface area contributed by atoms with Crippen LogP contribution in [-0.2, 0) is 14.9 Å². The molecule has 0 radical (unpaired) electrons. The molecule has 0 spiro atoms. The molecule has 10 nitrogen and oxygen atoms in total. The van der Waals surface area contributed by atoms with Crippen molar-refractivity contribution in [2.75, 3.05) is 6.61 Å². The fourth-order valence-electron chi connectivity index (χ4n) is 0.939. The first kappa shape index (κ1) is 16.2. The van der Waals surface area contributed by atoms with Crippen molar-refractivity contribution < 1.29 is 48.4 Å². The summed E-state index contributed by atoms with van der Waals surface area (Å²) < 4.78 is 29.8. The van der Waals surface area contributed by atoms with E-state index in [9.17, 15) is 13.2 Å². The van der Waals surface area contributed by atoms with Crippen molar-refractivity contribution in [1.29, 1.82) is 0 Å². The molecule has 0 saturated heterocycles. The van der Waals surface area contributed by atoms with Crippen LogP contribution in [0.1, 0.15) is 0 Å². The summed E-state index contributed by atoms with van der Waals surface area (Å²) in [6.07, 6.45) is -7.60. The fourth-order valence-corrected chi connectivity index (χ4v) is 1.60. The van der Waals surface area contributed by atoms with Crippen molar-refractivity contribution in [2.24, 2.45) is 0 Å². The summed E-state index contributed by atoms with van der Waals surface area (Å²) >= 11 is 0. The van der Waals surface area contributed by atoms with Crippen LogP contribution in [0.15, 0.2) is 0 Å². The van der Waals surface area contributed by atoms with E-state index < -0.39 is 45.9 Å². The fraction of sp³-hybridized carbons (Fsp3) is 0.833. The van der Waals surface area contributed by atoms with E-state index in [-0.39, 0.29) is 0 Å². The Morgan fingerprint density at radius 3 is 1.88 bits per heavy atom. The van der Waals surface area contributed by atoms with Gasteiger partial charge in [0.05, 0.1) is 6.61 Å². The number of rotatable bonds is 6. The molecule has 0 amide bonds. The van der Waals surface area contributed by atoms with Gasteiger partial charge in [0.1, 0.15) is 18.3 Å². The van der Waals surface area contributed by atoms with Gasteiger partial charge in [-0.3, -0.25) is 4.55 Å². The first-order valence-electron chi connectivity index (χ1n) is 4.08. The molecule has 0 bridgehead atoms. The smallest absolute Gasteiger partial charge is 0.357 e. The molecule has 11 heteroatoms. The summed E-state index contributed by atoms with van der Waals surface area (Å²) in [5, 5.41) is 53.1. The molecule has 0 aromatic carbocycles. The third-order valence-corrected chi connectivity index (χ3v) is 3.21. The second-order valence-electron chi connectivity index (χ2n) is 3.16. The van der Waals surface area contributed by atoms with Crippen LogP contribution >= 0.6 is 0 Å². The third-order valence-electron chi connectivity index (χ3n) is 2.01. The van der Waals surface area contributed by atoms with Gasteiger partial charge < -0.3 is 30.6 Å². The predicted molar refractivity (Wildman–Crippen MR) is 49.2 cm³/mol. The van der Waals surface area contributed by atoms with E-state index in [4.69, 9.17) is 35.2 Å². The molecule has 0 fully saturated rings. The Bertz CT molecular complexity index is 376. The van der Waals surface area contributed by atoms with Crippen LogP contribution in [0, 0.1) is 0 Å². The van der Waals surface area contributed by atoms with Gasteiger partial charge in [0, 0.05) is 0 Å². The monoisotopic (exact) mass is 276 g/mol. The van der Waals surface area contributed by atoms with E-state index in [0.29, 0.717) is 0 Å². The van der Waals surface area contributed by atoms with Crippen LogP contribution in [0.5, 0.6) is 0 Å². The minimum absolute atomic E-state index is 1.14. The van der Waals surface area contributed by atoms with Crippen LogP contribution in [0.3, 0.4) is 0 Å². The Morgan fingerprint density at radius 2 is 1.65 bits per heavy atom. The second-order valence-corrected chi connectivity index (χ2v) is 4.73. The predicted octanol–water partition coefficient (Wildman–Crippen LogP) is -4.28. The van der Waals surface area contributed by atoms with Gasteiger partial charge in [0.2, 0.25) is 0 Å². The molecule has 0 aliphatic heterocycles. The van der Waals surface area contributed by atoms with Crippen LogP contribution in [0.4, 0.5) is 0 Å². The van der Waals surface area contributed by atoms with Crippen molar-refractivity contribution in [3.8, 4) is 0 Å². The lowest BCUT2D eigenvalue weighted by atomic mass is 10.0. The topological polar surface area (TPSA) is 193 Å². The Morgan fingerprint density at radius 1 is 1.24 bits per heavy atom. The van der Waals surface area contributed by atoms with Crippen molar-refractivity contribution in [3.63, 3.8) is 0 Å². The molecule has 0 aromatic heterocycles. The molecular weight excluding hydrogens is 264 g/mol. The number of hydrogen-bond donors (Lipinski definition) is 7. The van der Waals surface area contributed by atoms with E-state index in [0.717, 1.165) is 0 Å². The summed E-state index contributed by atoms with van der Waals surface area (Å²) in [5.41, 5.74) is 0. The Labute approximate surface area is 95.1 Å². The van der Waals surface area contributed by atoms with Gasteiger partial charge in [-0.1, -0.05) is 0 Å². The van der Waals surface area contributed by atoms with E-state index in [1.165, 1.54) is 0 Å². The van der Waals surface area contributed by atoms with Gasteiger partial charge >= 0.3 is 21.0 Å². The van der Waals surface area contributed by atoms with Gasteiger partial charge in [-0.2, -0.15) is 8.42 Å². The molecule has 0 rings (SSSR count). The molecule has 0 aliphatic rings. The maximum absolute atomic E-state index is 10.7. The van der Waals surface area contributed by atoms with Crippen molar-refractivity contribution >= 4 is 16.1 Å². The first-order valence-corrected chi connectivity index (χ1v) is 5.52. The van der Waals surface area contributed by atoms with Gasteiger partial charge in [-0.25, -0.2) is 4.79 Å². The number of hydrogen-bond acceptors (Lipinski definition) is 8. The first-order chi connectivity index (χ1) is 7.50. The van der Waals surface area contributed by atoms with Gasteiger partial charge in [-0.15, -0.1) is 0 Å². The highest BCUT2D eigenvalue weighted by Gasteiger charge is 2.58. The highest BCUT2D eigenvalue weighted by atomic mass is 32.2. The zero-order valence-electron chi connectivity index (χ0n) is 8.20. The number of carboxylic acids is 1. The van der Waals surface area contributed by atoms with Crippen molar-refractivity contribution in [1.82, 2.24) is 0 Å². The number of carbonyl (C=O) groups is 1. The molecule has 4 atom stereocenters. The van der Waals surface area contributed by atoms with Gasteiger partial charge in [0.15, 0.2) is 0 Å². The summed E-state index contributed by atoms with van der Waals surface area (Å²) in [6, 6.07) is 0. The summed E-state index contributed by atoms with van der Waals surface area (Å²) in [5.74, 6) is -2.56. The lowest BCUT2D eigenvalue weighted by Gasteiger charge is -2.30. The molecule has 17 heavy (non-hydrogen) atoms. The van der Waals surface area contributed by atoms with Gasteiger partial charge in [-0.05, 0) is 0 Å². The number of carboxylic acid groups (broad SMARTS) is 1. The highest BCUT2D eigenvalue weighted by molar-refractivity contribution is 7.87. The number of aliphatic hydroxyl groups is 5. The Balaban J connectivity index is 5.46. The molecule has 7 N–H and O–H groups in total.